The number of methoxy groups -OCH3 is 2. The number of carbonyl (C=O) groups excluding carboxylic acids is 1. The molecule has 0 atom stereocenters. The molecule has 0 aliphatic carbocycles. The largest absolute Gasteiger partial charge is 0.496 e. The number of ether oxygens (including phenoxy) is 4. The van der Waals surface area contributed by atoms with Gasteiger partial charge in [0.05, 0.1) is 7.11 Å². The third kappa shape index (κ3) is 6.46. The fourth-order valence-electron chi connectivity index (χ4n) is 2.68. The van der Waals surface area contributed by atoms with Crippen LogP contribution in [0, 0.1) is 0 Å². The van der Waals surface area contributed by atoms with Crippen LogP contribution in [0.2, 0.25) is 0 Å². The van der Waals surface area contributed by atoms with Gasteiger partial charge in [-0.3, -0.25) is 0 Å². The van der Waals surface area contributed by atoms with Crippen LogP contribution in [0.15, 0.2) is 42.5 Å². The van der Waals surface area contributed by atoms with Gasteiger partial charge in [-0.25, -0.2) is 4.79 Å². The standard InChI is InChI=1S/C22H29NO5/c1-22(2,3)28-21(24)23-13-12-16-10-11-20(27-15-25-4)18(14-16)17-8-6-7-9-19(17)26-5/h6-11,14H,12-13,15H2,1-5H3,(H,23,24). The fraction of sp³-hybridized carbons (Fsp3) is 0.409. The molecule has 2 aromatic rings. The first-order chi connectivity index (χ1) is 13.3. The Morgan fingerprint density at radius 1 is 1.00 bits per heavy atom. The van der Waals surface area contributed by atoms with Crippen molar-refractivity contribution in [2.45, 2.75) is 32.8 Å². The van der Waals surface area contributed by atoms with Gasteiger partial charge in [-0.2, -0.15) is 0 Å². The van der Waals surface area contributed by atoms with Gasteiger partial charge in [-0.05, 0) is 51.0 Å². The predicted octanol–water partition coefficient (Wildman–Crippen LogP) is 4.41. The lowest BCUT2D eigenvalue weighted by Gasteiger charge is -2.19. The number of carbonyl (C=O) groups is 1. The van der Waals surface area contributed by atoms with E-state index in [0.29, 0.717) is 18.7 Å². The van der Waals surface area contributed by atoms with E-state index in [-0.39, 0.29) is 6.79 Å². The molecule has 0 aliphatic rings. The Kier molecular flexibility index (Phi) is 7.70. The van der Waals surface area contributed by atoms with Gasteiger partial charge in [0.15, 0.2) is 6.79 Å². The Labute approximate surface area is 166 Å². The van der Waals surface area contributed by atoms with Crippen molar-refractivity contribution in [3.63, 3.8) is 0 Å². The quantitative estimate of drug-likeness (QED) is 0.680. The van der Waals surface area contributed by atoms with Gasteiger partial charge < -0.3 is 24.3 Å². The summed E-state index contributed by atoms with van der Waals surface area (Å²) in [5.74, 6) is 1.46. The summed E-state index contributed by atoms with van der Waals surface area (Å²) in [6.45, 7) is 6.14. The Morgan fingerprint density at radius 2 is 1.75 bits per heavy atom. The van der Waals surface area contributed by atoms with E-state index >= 15 is 0 Å². The van der Waals surface area contributed by atoms with Gasteiger partial charge in [-0.1, -0.05) is 24.3 Å². The van der Waals surface area contributed by atoms with Crippen LogP contribution in [-0.2, 0) is 15.9 Å². The van der Waals surface area contributed by atoms with E-state index in [9.17, 15) is 4.79 Å². The molecule has 0 radical (unpaired) electrons. The van der Waals surface area contributed by atoms with Gasteiger partial charge in [0.25, 0.3) is 0 Å². The average Bonchev–Trinajstić information content (AvgIpc) is 2.65. The second kappa shape index (κ2) is 9.99. The monoisotopic (exact) mass is 387 g/mol. The zero-order chi connectivity index (χ0) is 20.6. The van der Waals surface area contributed by atoms with Gasteiger partial charge in [-0.15, -0.1) is 0 Å². The van der Waals surface area contributed by atoms with Gasteiger partial charge >= 0.3 is 6.09 Å². The van der Waals surface area contributed by atoms with E-state index in [2.05, 4.69) is 5.32 Å². The van der Waals surface area contributed by atoms with Gasteiger partial charge in [0.1, 0.15) is 17.1 Å². The summed E-state index contributed by atoms with van der Waals surface area (Å²) in [6, 6.07) is 13.7. The highest BCUT2D eigenvalue weighted by Gasteiger charge is 2.16. The summed E-state index contributed by atoms with van der Waals surface area (Å²) in [4.78, 5) is 11.8. The molecule has 152 valence electrons. The molecule has 1 N–H and O–H groups in total. The van der Waals surface area contributed by atoms with Crippen LogP contribution in [0.5, 0.6) is 11.5 Å². The van der Waals surface area contributed by atoms with E-state index in [1.165, 1.54) is 0 Å². The smallest absolute Gasteiger partial charge is 0.407 e. The molecular formula is C22H29NO5. The Balaban J connectivity index is 2.18. The summed E-state index contributed by atoms with van der Waals surface area (Å²) >= 11 is 0. The first kappa shape index (κ1) is 21.6. The van der Waals surface area contributed by atoms with Crippen LogP contribution in [0.3, 0.4) is 0 Å². The maximum Gasteiger partial charge on any atom is 0.407 e. The first-order valence-electron chi connectivity index (χ1n) is 9.19. The number of alkyl carbamates (subject to hydrolysis) is 1. The summed E-state index contributed by atoms with van der Waals surface area (Å²) in [7, 11) is 3.22. The van der Waals surface area contributed by atoms with Crippen molar-refractivity contribution < 1.29 is 23.7 Å². The van der Waals surface area contributed by atoms with E-state index < -0.39 is 11.7 Å². The zero-order valence-electron chi connectivity index (χ0n) is 17.2. The number of para-hydroxylation sites is 1. The number of hydrogen-bond donors (Lipinski definition) is 1. The molecule has 0 spiro atoms. The maximum atomic E-state index is 11.8. The second-order valence-corrected chi connectivity index (χ2v) is 7.26. The number of benzene rings is 2. The third-order valence-corrected chi connectivity index (χ3v) is 3.86. The lowest BCUT2D eigenvalue weighted by molar-refractivity contribution is 0.0513. The van der Waals surface area contributed by atoms with E-state index in [1.54, 1.807) is 14.2 Å². The molecule has 6 heteroatoms. The third-order valence-electron chi connectivity index (χ3n) is 3.86. The van der Waals surface area contributed by atoms with Crippen LogP contribution < -0.4 is 14.8 Å². The molecule has 0 unspecified atom stereocenters. The van der Waals surface area contributed by atoms with Crippen LogP contribution in [-0.4, -0.2) is 39.3 Å². The molecule has 0 bridgehead atoms. The average molecular weight is 387 g/mol. The van der Waals surface area contributed by atoms with Crippen LogP contribution >= 0.6 is 0 Å². The highest BCUT2D eigenvalue weighted by atomic mass is 16.7. The Hall–Kier alpha value is -2.73. The molecule has 0 fully saturated rings. The van der Waals surface area contributed by atoms with E-state index in [0.717, 1.165) is 22.4 Å². The highest BCUT2D eigenvalue weighted by Crippen LogP contribution is 2.37. The van der Waals surface area contributed by atoms with E-state index in [1.807, 2.05) is 63.2 Å². The van der Waals surface area contributed by atoms with Crippen LogP contribution in [0.1, 0.15) is 26.3 Å². The first-order valence-corrected chi connectivity index (χ1v) is 9.19. The number of nitrogens with one attached hydrogen (secondary N) is 1. The van der Waals surface area contributed by atoms with Crippen molar-refractivity contribution in [2.75, 3.05) is 27.6 Å². The molecule has 0 saturated carbocycles. The Bertz CT molecular complexity index is 783. The van der Waals surface area contributed by atoms with Crippen LogP contribution in [0.4, 0.5) is 4.79 Å². The minimum absolute atomic E-state index is 0.154. The van der Waals surface area contributed by atoms with Gasteiger partial charge in [0, 0.05) is 24.8 Å². The van der Waals surface area contributed by atoms with Crippen molar-refractivity contribution in [2.24, 2.45) is 0 Å². The molecule has 0 saturated heterocycles. The highest BCUT2D eigenvalue weighted by molar-refractivity contribution is 5.76. The topological polar surface area (TPSA) is 66.0 Å². The normalized spacial score (nSPS) is 11.0. The molecule has 0 aromatic heterocycles. The Morgan fingerprint density at radius 3 is 2.43 bits per heavy atom. The van der Waals surface area contributed by atoms with Crippen molar-refractivity contribution in [1.82, 2.24) is 5.32 Å². The number of hydrogen-bond acceptors (Lipinski definition) is 5. The van der Waals surface area contributed by atoms with E-state index in [4.69, 9.17) is 18.9 Å². The summed E-state index contributed by atoms with van der Waals surface area (Å²) in [6.07, 6.45) is 0.240. The summed E-state index contributed by atoms with van der Waals surface area (Å²) < 4.78 is 21.5. The summed E-state index contributed by atoms with van der Waals surface area (Å²) in [5, 5.41) is 2.78. The number of rotatable bonds is 8. The maximum absolute atomic E-state index is 11.8. The molecule has 2 rings (SSSR count). The van der Waals surface area contributed by atoms with Crippen molar-refractivity contribution >= 4 is 6.09 Å². The van der Waals surface area contributed by atoms with Gasteiger partial charge in [0.2, 0.25) is 0 Å². The van der Waals surface area contributed by atoms with Crippen LogP contribution in [0.25, 0.3) is 11.1 Å². The fourth-order valence-corrected chi connectivity index (χ4v) is 2.68. The minimum atomic E-state index is -0.512. The summed E-state index contributed by atoms with van der Waals surface area (Å²) in [5.41, 5.74) is 2.38. The van der Waals surface area contributed by atoms with Crippen molar-refractivity contribution in [3.05, 3.63) is 48.0 Å². The lowest BCUT2D eigenvalue weighted by atomic mass is 9.99. The molecule has 6 nitrogen and oxygen atoms in total. The molecule has 28 heavy (non-hydrogen) atoms. The molecule has 1 amide bonds. The second-order valence-electron chi connectivity index (χ2n) is 7.26. The molecule has 0 aliphatic heterocycles. The number of amides is 1. The minimum Gasteiger partial charge on any atom is -0.496 e. The van der Waals surface area contributed by atoms with Crippen molar-refractivity contribution in [1.29, 1.82) is 0 Å². The predicted molar refractivity (Wildman–Crippen MR) is 109 cm³/mol. The SMILES string of the molecule is COCOc1ccc(CCNC(=O)OC(C)(C)C)cc1-c1ccccc1OC. The molecular weight excluding hydrogens is 358 g/mol. The van der Waals surface area contributed by atoms with Crippen molar-refractivity contribution in [3.8, 4) is 22.6 Å². The molecule has 0 heterocycles. The lowest BCUT2D eigenvalue weighted by Crippen LogP contribution is -2.33. The molecule has 2 aromatic carbocycles. The zero-order valence-corrected chi connectivity index (χ0v) is 17.2.